The van der Waals surface area contributed by atoms with Crippen LogP contribution in [0.15, 0.2) is 66.7 Å². The second-order valence-corrected chi connectivity index (χ2v) is 6.90. The maximum atomic E-state index is 10.0. The minimum absolute atomic E-state index is 0.227. The molecule has 0 atom stereocenters. The first-order valence-electron chi connectivity index (χ1n) is 7.91. The summed E-state index contributed by atoms with van der Waals surface area (Å²) < 4.78 is 0. The molecule has 2 N–H and O–H groups in total. The van der Waals surface area contributed by atoms with Crippen molar-refractivity contribution >= 4 is 32.5 Å². The number of pyridine rings is 1. The van der Waals surface area contributed by atoms with E-state index in [2.05, 4.69) is 28.4 Å². The fourth-order valence-corrected chi connectivity index (χ4v) is 3.97. The summed E-state index contributed by atoms with van der Waals surface area (Å²) in [6.07, 6.45) is 0. The van der Waals surface area contributed by atoms with Crippen molar-refractivity contribution < 1.29 is 5.11 Å². The summed E-state index contributed by atoms with van der Waals surface area (Å²) >= 11 is 1.63. The van der Waals surface area contributed by atoms with Crippen molar-refractivity contribution in [3.05, 3.63) is 66.7 Å². The first kappa shape index (κ1) is 14.2. The number of nitrogens with zero attached hydrogens (tertiary/aromatic N) is 2. The predicted molar refractivity (Wildman–Crippen MR) is 102 cm³/mol. The van der Waals surface area contributed by atoms with Gasteiger partial charge in [0.1, 0.15) is 10.6 Å². The van der Waals surface area contributed by atoms with E-state index in [-0.39, 0.29) is 5.75 Å². The highest BCUT2D eigenvalue weighted by molar-refractivity contribution is 7.21. The van der Waals surface area contributed by atoms with Crippen LogP contribution in [0, 0.1) is 0 Å². The van der Waals surface area contributed by atoms with E-state index in [0.29, 0.717) is 0 Å². The third-order valence-corrected chi connectivity index (χ3v) is 5.31. The SMILES string of the molecule is Oc1ccccc1-c1cc(-c2cc3cc4ccccc4nc3s2)[nH]n1. The number of nitrogens with one attached hydrogen (secondary N) is 1. The molecule has 0 amide bonds. The van der Waals surface area contributed by atoms with Gasteiger partial charge in [0.05, 0.1) is 21.8 Å². The summed E-state index contributed by atoms with van der Waals surface area (Å²) in [7, 11) is 0. The van der Waals surface area contributed by atoms with Crippen LogP contribution in [0.1, 0.15) is 0 Å². The molecule has 0 aliphatic heterocycles. The second kappa shape index (κ2) is 5.43. The second-order valence-electron chi connectivity index (χ2n) is 5.87. The van der Waals surface area contributed by atoms with E-state index in [9.17, 15) is 5.11 Å². The van der Waals surface area contributed by atoms with E-state index >= 15 is 0 Å². The highest BCUT2D eigenvalue weighted by Gasteiger charge is 2.12. The van der Waals surface area contributed by atoms with Gasteiger partial charge in [0.2, 0.25) is 0 Å². The fourth-order valence-electron chi connectivity index (χ4n) is 2.98. The average molecular weight is 343 g/mol. The van der Waals surface area contributed by atoms with Gasteiger partial charge in [-0.2, -0.15) is 5.10 Å². The van der Waals surface area contributed by atoms with Gasteiger partial charge in [-0.3, -0.25) is 5.10 Å². The summed E-state index contributed by atoms with van der Waals surface area (Å²) in [5.41, 5.74) is 3.37. The molecule has 0 fully saturated rings. The highest BCUT2D eigenvalue weighted by Crippen LogP contribution is 2.35. The molecule has 0 unspecified atom stereocenters. The van der Waals surface area contributed by atoms with Crippen molar-refractivity contribution in [2.24, 2.45) is 0 Å². The number of aromatic amines is 1. The summed E-state index contributed by atoms with van der Waals surface area (Å²) in [4.78, 5) is 6.83. The number of para-hydroxylation sites is 2. The van der Waals surface area contributed by atoms with Gasteiger partial charge in [0.25, 0.3) is 0 Å². The number of phenolic OH excluding ortho intramolecular Hbond substituents is 1. The third kappa shape index (κ3) is 2.37. The number of rotatable bonds is 2. The van der Waals surface area contributed by atoms with Crippen molar-refractivity contribution in [1.29, 1.82) is 0 Å². The van der Waals surface area contributed by atoms with Crippen LogP contribution in [0.25, 0.3) is 42.9 Å². The van der Waals surface area contributed by atoms with Gasteiger partial charge in [0, 0.05) is 16.3 Å². The van der Waals surface area contributed by atoms with Crippen LogP contribution in [-0.4, -0.2) is 20.3 Å². The molecule has 2 aromatic carbocycles. The number of benzene rings is 2. The maximum Gasteiger partial charge on any atom is 0.125 e. The number of aromatic hydroxyl groups is 1. The number of hydrogen-bond acceptors (Lipinski definition) is 4. The molecule has 3 heterocycles. The van der Waals surface area contributed by atoms with Crippen molar-refractivity contribution in [1.82, 2.24) is 15.2 Å². The largest absolute Gasteiger partial charge is 0.507 e. The van der Waals surface area contributed by atoms with Crippen LogP contribution in [-0.2, 0) is 0 Å². The Morgan fingerprint density at radius 3 is 2.64 bits per heavy atom. The highest BCUT2D eigenvalue weighted by atomic mass is 32.1. The zero-order chi connectivity index (χ0) is 16.8. The smallest absolute Gasteiger partial charge is 0.125 e. The Morgan fingerprint density at radius 2 is 1.72 bits per heavy atom. The van der Waals surface area contributed by atoms with E-state index in [1.165, 1.54) is 0 Å². The molecule has 0 bridgehead atoms. The molecule has 5 rings (SSSR count). The van der Waals surface area contributed by atoms with E-state index in [1.54, 1.807) is 23.5 Å². The third-order valence-electron chi connectivity index (χ3n) is 4.23. The summed E-state index contributed by atoms with van der Waals surface area (Å²) in [5.74, 6) is 0.227. The Morgan fingerprint density at radius 1 is 0.880 bits per heavy atom. The lowest BCUT2D eigenvalue weighted by Crippen LogP contribution is -1.77. The van der Waals surface area contributed by atoms with Gasteiger partial charge < -0.3 is 5.11 Å². The molecule has 5 heteroatoms. The lowest BCUT2D eigenvalue weighted by Gasteiger charge is -1.98. The Labute approximate surface area is 147 Å². The van der Waals surface area contributed by atoms with Crippen LogP contribution in [0.5, 0.6) is 5.75 Å². The van der Waals surface area contributed by atoms with Crippen LogP contribution < -0.4 is 0 Å². The molecular weight excluding hydrogens is 330 g/mol. The Bertz CT molecular complexity index is 1170. The van der Waals surface area contributed by atoms with E-state index in [4.69, 9.17) is 4.98 Å². The van der Waals surface area contributed by atoms with Gasteiger partial charge in [-0.1, -0.05) is 30.3 Å². The Kier molecular flexibility index (Phi) is 3.08. The molecule has 0 aliphatic rings. The van der Waals surface area contributed by atoms with Crippen molar-refractivity contribution in [3.8, 4) is 27.6 Å². The van der Waals surface area contributed by atoms with E-state index < -0.39 is 0 Å². The minimum Gasteiger partial charge on any atom is -0.507 e. The monoisotopic (exact) mass is 343 g/mol. The van der Waals surface area contributed by atoms with Crippen LogP contribution in [0.2, 0.25) is 0 Å². The topological polar surface area (TPSA) is 61.8 Å². The quantitative estimate of drug-likeness (QED) is 0.462. The van der Waals surface area contributed by atoms with E-state index in [1.807, 2.05) is 36.4 Å². The minimum atomic E-state index is 0.227. The fraction of sp³-hybridized carbons (Fsp3) is 0. The van der Waals surface area contributed by atoms with Gasteiger partial charge in [-0.25, -0.2) is 4.98 Å². The molecule has 0 spiro atoms. The molecule has 0 aliphatic carbocycles. The molecule has 5 aromatic rings. The predicted octanol–water partition coefficient (Wildman–Crippen LogP) is 5.21. The molecule has 120 valence electrons. The van der Waals surface area contributed by atoms with Gasteiger partial charge in [0.15, 0.2) is 0 Å². The molecular formula is C20H13N3OS. The summed E-state index contributed by atoms with van der Waals surface area (Å²) in [5, 5.41) is 19.7. The first-order chi connectivity index (χ1) is 12.3. The van der Waals surface area contributed by atoms with Crippen molar-refractivity contribution in [2.45, 2.75) is 0 Å². The molecule has 25 heavy (non-hydrogen) atoms. The molecule has 0 saturated carbocycles. The zero-order valence-corrected chi connectivity index (χ0v) is 13.9. The van der Waals surface area contributed by atoms with Crippen LogP contribution in [0.3, 0.4) is 0 Å². The van der Waals surface area contributed by atoms with Crippen molar-refractivity contribution in [2.75, 3.05) is 0 Å². The number of aromatic nitrogens is 3. The number of thiophene rings is 1. The number of hydrogen-bond donors (Lipinski definition) is 2. The Balaban J connectivity index is 1.61. The molecule has 0 radical (unpaired) electrons. The van der Waals surface area contributed by atoms with Gasteiger partial charge in [-0.15, -0.1) is 11.3 Å². The van der Waals surface area contributed by atoms with Crippen molar-refractivity contribution in [3.63, 3.8) is 0 Å². The molecule has 3 aromatic heterocycles. The number of fused-ring (bicyclic) bond motifs is 2. The van der Waals surface area contributed by atoms with Crippen LogP contribution >= 0.6 is 11.3 Å². The number of H-pyrrole nitrogens is 1. The summed E-state index contributed by atoms with van der Waals surface area (Å²) in [6.45, 7) is 0. The van der Waals surface area contributed by atoms with Gasteiger partial charge >= 0.3 is 0 Å². The number of phenols is 1. The Hall–Kier alpha value is -3.18. The molecule has 4 nitrogen and oxygen atoms in total. The average Bonchev–Trinajstić information content (AvgIpc) is 3.26. The lowest BCUT2D eigenvalue weighted by atomic mass is 10.1. The lowest BCUT2D eigenvalue weighted by molar-refractivity contribution is 0.477. The molecule has 0 saturated heterocycles. The normalized spacial score (nSPS) is 11.4. The van der Waals surface area contributed by atoms with Crippen LogP contribution in [0.4, 0.5) is 0 Å². The van der Waals surface area contributed by atoms with E-state index in [0.717, 1.165) is 42.9 Å². The van der Waals surface area contributed by atoms with Gasteiger partial charge in [-0.05, 0) is 36.4 Å². The standard InChI is InChI=1S/C20H13N3OS/c24-18-8-4-2-6-14(18)16-11-17(23-22-16)19-10-13-9-12-5-1-3-7-15(12)21-20(13)25-19/h1-11,24H,(H,22,23). The first-order valence-corrected chi connectivity index (χ1v) is 8.73. The maximum absolute atomic E-state index is 10.0. The zero-order valence-electron chi connectivity index (χ0n) is 13.1. The summed E-state index contributed by atoms with van der Waals surface area (Å²) in [6, 6.07) is 21.6.